The largest absolute Gasteiger partial charge is 0.294 e. The number of carbonyl (C=O) groups is 2. The Balaban J connectivity index is 1.75. The van der Waals surface area contributed by atoms with Gasteiger partial charge < -0.3 is 0 Å². The molecule has 0 saturated heterocycles. The van der Waals surface area contributed by atoms with E-state index in [0.717, 1.165) is 35.1 Å². The lowest BCUT2D eigenvalue weighted by Crippen LogP contribution is -2.24. The van der Waals surface area contributed by atoms with Gasteiger partial charge in [0.05, 0.1) is 0 Å². The van der Waals surface area contributed by atoms with Gasteiger partial charge in [0.15, 0.2) is 11.6 Å². The fourth-order valence-electron chi connectivity index (χ4n) is 3.77. The van der Waals surface area contributed by atoms with Crippen LogP contribution >= 0.6 is 0 Å². The first kappa shape index (κ1) is 16.6. The third-order valence-corrected chi connectivity index (χ3v) is 5.40. The third-order valence-electron chi connectivity index (χ3n) is 5.40. The van der Waals surface area contributed by atoms with Gasteiger partial charge in [0.2, 0.25) is 0 Å². The zero-order chi connectivity index (χ0) is 17.3. The molecule has 2 heteroatoms. The monoisotopic (exact) mass is 320 g/mol. The van der Waals surface area contributed by atoms with Gasteiger partial charge in [-0.15, -0.1) is 0 Å². The van der Waals surface area contributed by atoms with Gasteiger partial charge in [-0.25, -0.2) is 0 Å². The van der Waals surface area contributed by atoms with Gasteiger partial charge in [0.1, 0.15) is 0 Å². The second kappa shape index (κ2) is 6.72. The average molecular weight is 320 g/mol. The molecule has 0 aliphatic heterocycles. The minimum absolute atomic E-state index is 0.0490. The van der Waals surface area contributed by atoms with Crippen molar-refractivity contribution in [3.05, 3.63) is 70.8 Å². The predicted molar refractivity (Wildman–Crippen MR) is 96.4 cm³/mol. The molecule has 2 aromatic rings. The molecular formula is C22H24O2. The maximum atomic E-state index is 12.8. The molecule has 0 radical (unpaired) electrons. The highest BCUT2D eigenvalue weighted by atomic mass is 16.1. The molecule has 0 aromatic heterocycles. The molecule has 2 unspecified atom stereocenters. The number of ketones is 2. The Hall–Kier alpha value is -2.22. The lowest BCUT2D eigenvalue weighted by molar-refractivity contribution is 0.0842. The molecule has 1 aliphatic carbocycles. The van der Waals surface area contributed by atoms with Gasteiger partial charge in [0, 0.05) is 23.0 Å². The molecule has 2 nitrogen and oxygen atoms in total. The summed E-state index contributed by atoms with van der Waals surface area (Å²) in [6, 6.07) is 15.5. The Labute approximate surface area is 143 Å². The van der Waals surface area contributed by atoms with E-state index in [1.807, 2.05) is 62.4 Å². The van der Waals surface area contributed by atoms with Crippen molar-refractivity contribution in [3.8, 4) is 0 Å². The lowest BCUT2D eigenvalue weighted by atomic mass is 9.83. The molecule has 0 spiro atoms. The molecule has 2 atom stereocenters. The lowest BCUT2D eigenvalue weighted by Gasteiger charge is -2.19. The van der Waals surface area contributed by atoms with Gasteiger partial charge in [0.25, 0.3) is 0 Å². The number of hydrogen-bond acceptors (Lipinski definition) is 2. The number of carbonyl (C=O) groups excluding carboxylic acids is 2. The molecule has 24 heavy (non-hydrogen) atoms. The zero-order valence-electron chi connectivity index (χ0n) is 14.6. The van der Waals surface area contributed by atoms with E-state index in [9.17, 15) is 9.59 Å². The summed E-state index contributed by atoms with van der Waals surface area (Å²) >= 11 is 0. The summed E-state index contributed by atoms with van der Waals surface area (Å²) < 4.78 is 0. The van der Waals surface area contributed by atoms with Gasteiger partial charge in [-0.05, 0) is 32.6 Å². The van der Waals surface area contributed by atoms with Gasteiger partial charge in [-0.2, -0.15) is 0 Å². The van der Waals surface area contributed by atoms with Crippen LogP contribution < -0.4 is 0 Å². The molecule has 0 N–H and O–H groups in total. The highest BCUT2D eigenvalue weighted by molar-refractivity contribution is 6.01. The van der Waals surface area contributed by atoms with Crippen molar-refractivity contribution in [1.29, 1.82) is 0 Å². The van der Waals surface area contributed by atoms with Crippen LogP contribution in [0, 0.1) is 31.6 Å². The second-order valence-electron chi connectivity index (χ2n) is 7.11. The first-order chi connectivity index (χ1) is 11.5. The number of benzene rings is 2. The molecule has 3 rings (SSSR count). The SMILES string of the molecule is Cc1ccc(C(=O)C2CCC(C(=O)c3ccc(C)cc3)C2C)cc1. The number of Topliss-reactive ketones (excluding diaryl/α,β-unsaturated/α-hetero) is 2. The zero-order valence-corrected chi connectivity index (χ0v) is 14.6. The minimum atomic E-state index is -0.0490. The summed E-state index contributed by atoms with van der Waals surface area (Å²) in [6.07, 6.45) is 1.60. The highest BCUT2D eigenvalue weighted by Crippen LogP contribution is 2.40. The van der Waals surface area contributed by atoms with Gasteiger partial charge in [-0.3, -0.25) is 9.59 Å². The Morgan fingerprint density at radius 2 is 1.04 bits per heavy atom. The average Bonchev–Trinajstić information content (AvgIpc) is 2.96. The summed E-state index contributed by atoms with van der Waals surface area (Å²) in [5.74, 6) is 0.357. The van der Waals surface area contributed by atoms with Crippen molar-refractivity contribution in [1.82, 2.24) is 0 Å². The number of aryl methyl sites for hydroxylation is 2. The smallest absolute Gasteiger partial charge is 0.166 e. The summed E-state index contributed by atoms with van der Waals surface area (Å²) in [5, 5.41) is 0. The molecule has 1 aliphatic rings. The fourth-order valence-corrected chi connectivity index (χ4v) is 3.77. The summed E-state index contributed by atoms with van der Waals surface area (Å²) in [6.45, 7) is 6.09. The van der Waals surface area contributed by atoms with Crippen LogP contribution in [-0.2, 0) is 0 Å². The van der Waals surface area contributed by atoms with Gasteiger partial charge >= 0.3 is 0 Å². The minimum Gasteiger partial charge on any atom is -0.294 e. The van der Waals surface area contributed by atoms with E-state index in [2.05, 4.69) is 6.92 Å². The standard InChI is InChI=1S/C22H24O2/c1-14-4-8-17(9-5-14)21(23)19-12-13-20(16(19)3)22(24)18-10-6-15(2)7-11-18/h4-11,16,19-20H,12-13H2,1-3H3. The topological polar surface area (TPSA) is 34.1 Å². The van der Waals surface area contributed by atoms with Crippen LogP contribution in [0.4, 0.5) is 0 Å². The Kier molecular flexibility index (Phi) is 4.66. The third kappa shape index (κ3) is 3.19. The van der Waals surface area contributed by atoms with Crippen LogP contribution in [0.3, 0.4) is 0 Å². The Morgan fingerprint density at radius 3 is 1.38 bits per heavy atom. The summed E-state index contributed by atoms with van der Waals surface area (Å²) in [4.78, 5) is 25.6. The molecular weight excluding hydrogens is 296 g/mol. The molecule has 1 saturated carbocycles. The molecule has 0 amide bonds. The first-order valence-corrected chi connectivity index (χ1v) is 8.69. The van der Waals surface area contributed by atoms with E-state index in [-0.39, 0.29) is 29.3 Å². The first-order valence-electron chi connectivity index (χ1n) is 8.69. The van der Waals surface area contributed by atoms with Crippen molar-refractivity contribution >= 4 is 11.6 Å². The van der Waals surface area contributed by atoms with E-state index in [1.165, 1.54) is 0 Å². The van der Waals surface area contributed by atoms with E-state index >= 15 is 0 Å². The van der Waals surface area contributed by atoms with E-state index in [0.29, 0.717) is 0 Å². The van der Waals surface area contributed by atoms with Crippen LogP contribution in [0.25, 0.3) is 0 Å². The summed E-state index contributed by atoms with van der Waals surface area (Å²) in [5.41, 5.74) is 3.83. The molecule has 1 fully saturated rings. The van der Waals surface area contributed by atoms with Crippen molar-refractivity contribution in [2.75, 3.05) is 0 Å². The quantitative estimate of drug-likeness (QED) is 0.740. The molecule has 124 valence electrons. The maximum Gasteiger partial charge on any atom is 0.166 e. The van der Waals surface area contributed by atoms with Crippen LogP contribution in [0.1, 0.15) is 51.6 Å². The molecule has 0 bridgehead atoms. The Morgan fingerprint density at radius 1 is 0.708 bits per heavy atom. The van der Waals surface area contributed by atoms with Crippen LogP contribution in [0.15, 0.2) is 48.5 Å². The Bertz CT molecular complexity index is 675. The van der Waals surface area contributed by atoms with Crippen molar-refractivity contribution in [3.63, 3.8) is 0 Å². The highest BCUT2D eigenvalue weighted by Gasteiger charge is 2.41. The van der Waals surface area contributed by atoms with Crippen molar-refractivity contribution in [2.24, 2.45) is 17.8 Å². The van der Waals surface area contributed by atoms with Crippen LogP contribution in [-0.4, -0.2) is 11.6 Å². The molecule has 0 heterocycles. The van der Waals surface area contributed by atoms with E-state index in [4.69, 9.17) is 0 Å². The number of rotatable bonds is 4. The van der Waals surface area contributed by atoms with E-state index < -0.39 is 0 Å². The molecule has 2 aromatic carbocycles. The van der Waals surface area contributed by atoms with Crippen LogP contribution in [0.5, 0.6) is 0 Å². The summed E-state index contributed by atoms with van der Waals surface area (Å²) in [7, 11) is 0. The number of hydrogen-bond donors (Lipinski definition) is 0. The fraction of sp³-hybridized carbons (Fsp3) is 0.364. The van der Waals surface area contributed by atoms with Crippen molar-refractivity contribution < 1.29 is 9.59 Å². The van der Waals surface area contributed by atoms with Gasteiger partial charge in [-0.1, -0.05) is 66.6 Å². The maximum absolute atomic E-state index is 12.8. The normalized spacial score (nSPS) is 23.2. The van der Waals surface area contributed by atoms with Crippen molar-refractivity contribution in [2.45, 2.75) is 33.6 Å². The second-order valence-corrected chi connectivity index (χ2v) is 7.11. The van der Waals surface area contributed by atoms with Crippen LogP contribution in [0.2, 0.25) is 0 Å². The van der Waals surface area contributed by atoms with E-state index in [1.54, 1.807) is 0 Å². The predicted octanol–water partition coefficient (Wildman–Crippen LogP) is 5.03.